The third-order valence-corrected chi connectivity index (χ3v) is 5.77. The van der Waals surface area contributed by atoms with Crippen LogP contribution in [0.2, 0.25) is 0 Å². The van der Waals surface area contributed by atoms with Crippen molar-refractivity contribution in [2.75, 3.05) is 13.9 Å². The summed E-state index contributed by atoms with van der Waals surface area (Å²) in [5.74, 6) is 3.19. The standard InChI is InChI=1S/C25H24N2O4.ClH/c1-16-17(2)27(13-18-5-4-6-20(11-18)28-3)25-22(9-10-26-24(16)25)29-14-19-7-8-21-23(12-19)31-15-30-21;/h4-12H,13-15H2,1-3H3;1H. The number of fused-ring (bicyclic) bond motifs is 2. The normalized spacial score (nSPS) is 12.0. The highest BCUT2D eigenvalue weighted by atomic mass is 35.5. The predicted molar refractivity (Wildman–Crippen MR) is 125 cm³/mol. The Morgan fingerprint density at radius 3 is 2.69 bits per heavy atom. The summed E-state index contributed by atoms with van der Waals surface area (Å²) in [5, 5.41) is 0. The van der Waals surface area contributed by atoms with E-state index in [1.54, 1.807) is 13.3 Å². The Balaban J connectivity index is 0.00000245. The maximum Gasteiger partial charge on any atom is 0.231 e. The Labute approximate surface area is 193 Å². The molecule has 7 heteroatoms. The first kappa shape index (κ1) is 21.8. The second kappa shape index (κ2) is 9.01. The maximum atomic E-state index is 6.27. The van der Waals surface area contributed by atoms with Gasteiger partial charge < -0.3 is 23.5 Å². The Hall–Kier alpha value is -3.38. The lowest BCUT2D eigenvalue weighted by Gasteiger charge is -2.13. The molecule has 0 unspecified atom stereocenters. The molecule has 6 nitrogen and oxygen atoms in total. The average Bonchev–Trinajstić information content (AvgIpc) is 3.36. The molecule has 0 radical (unpaired) electrons. The van der Waals surface area contributed by atoms with Crippen molar-refractivity contribution in [3.05, 3.63) is 77.1 Å². The van der Waals surface area contributed by atoms with E-state index in [-0.39, 0.29) is 19.2 Å². The fraction of sp³-hybridized carbons (Fsp3) is 0.240. The number of hydrogen-bond acceptors (Lipinski definition) is 5. The van der Waals surface area contributed by atoms with E-state index >= 15 is 0 Å². The lowest BCUT2D eigenvalue weighted by atomic mass is 10.2. The summed E-state index contributed by atoms with van der Waals surface area (Å²) in [7, 11) is 1.69. The van der Waals surface area contributed by atoms with Gasteiger partial charge in [0.2, 0.25) is 6.79 Å². The zero-order valence-corrected chi connectivity index (χ0v) is 19.1. The molecule has 3 heterocycles. The molecular weight excluding hydrogens is 428 g/mol. The van der Waals surface area contributed by atoms with Gasteiger partial charge in [0.15, 0.2) is 11.5 Å². The number of nitrogens with zero attached hydrogens (tertiary/aromatic N) is 2. The van der Waals surface area contributed by atoms with E-state index in [1.165, 1.54) is 5.69 Å². The van der Waals surface area contributed by atoms with Gasteiger partial charge >= 0.3 is 0 Å². The van der Waals surface area contributed by atoms with E-state index in [4.69, 9.17) is 18.9 Å². The fourth-order valence-corrected chi connectivity index (χ4v) is 3.97. The number of ether oxygens (including phenoxy) is 4. The molecule has 4 aromatic rings. The first-order valence-electron chi connectivity index (χ1n) is 10.2. The highest BCUT2D eigenvalue weighted by Crippen LogP contribution is 2.34. The summed E-state index contributed by atoms with van der Waals surface area (Å²) in [5.41, 5.74) is 6.47. The van der Waals surface area contributed by atoms with Crippen LogP contribution in [0.1, 0.15) is 22.4 Å². The zero-order valence-electron chi connectivity index (χ0n) is 18.3. The number of hydrogen-bond donors (Lipinski definition) is 0. The number of pyridine rings is 1. The van der Waals surface area contributed by atoms with Crippen LogP contribution in [0.25, 0.3) is 11.0 Å². The Bertz CT molecular complexity index is 1270. The van der Waals surface area contributed by atoms with Crippen LogP contribution in [0, 0.1) is 13.8 Å². The van der Waals surface area contributed by atoms with Crippen molar-refractivity contribution < 1.29 is 18.9 Å². The molecule has 0 amide bonds. The molecule has 0 saturated carbocycles. The highest BCUT2D eigenvalue weighted by molar-refractivity contribution is 5.86. The number of aryl methyl sites for hydroxylation is 1. The van der Waals surface area contributed by atoms with Crippen LogP contribution >= 0.6 is 12.4 Å². The summed E-state index contributed by atoms with van der Waals surface area (Å²) in [4.78, 5) is 4.64. The van der Waals surface area contributed by atoms with Crippen LogP contribution in [0.3, 0.4) is 0 Å². The predicted octanol–water partition coefficient (Wildman–Crippen LogP) is 5.44. The van der Waals surface area contributed by atoms with Crippen LogP contribution in [-0.4, -0.2) is 23.5 Å². The molecule has 0 atom stereocenters. The van der Waals surface area contributed by atoms with Gasteiger partial charge in [-0.05, 0) is 54.8 Å². The zero-order chi connectivity index (χ0) is 21.4. The van der Waals surface area contributed by atoms with Crippen LogP contribution in [0.15, 0.2) is 54.7 Å². The fourth-order valence-electron chi connectivity index (χ4n) is 3.97. The first-order valence-corrected chi connectivity index (χ1v) is 10.2. The van der Waals surface area contributed by atoms with E-state index in [1.807, 2.05) is 36.4 Å². The van der Waals surface area contributed by atoms with E-state index in [9.17, 15) is 0 Å². The minimum absolute atomic E-state index is 0. The molecular formula is C25H25ClN2O4. The number of aromatic nitrogens is 2. The van der Waals surface area contributed by atoms with Gasteiger partial charge in [0.05, 0.1) is 12.6 Å². The third-order valence-electron chi connectivity index (χ3n) is 5.77. The molecule has 2 aromatic carbocycles. The van der Waals surface area contributed by atoms with Crippen molar-refractivity contribution in [3.63, 3.8) is 0 Å². The summed E-state index contributed by atoms with van der Waals surface area (Å²) < 4.78 is 24.8. The van der Waals surface area contributed by atoms with Crippen LogP contribution in [-0.2, 0) is 13.2 Å². The van der Waals surface area contributed by atoms with Crippen LogP contribution in [0.5, 0.6) is 23.0 Å². The van der Waals surface area contributed by atoms with Crippen molar-refractivity contribution in [2.45, 2.75) is 27.0 Å². The largest absolute Gasteiger partial charge is 0.497 e. The van der Waals surface area contributed by atoms with E-state index in [0.717, 1.165) is 50.7 Å². The molecule has 0 bridgehead atoms. The third kappa shape index (κ3) is 3.94. The molecule has 0 N–H and O–H groups in total. The first-order chi connectivity index (χ1) is 15.1. The van der Waals surface area contributed by atoms with Gasteiger partial charge in [-0.3, -0.25) is 4.98 Å². The Morgan fingerprint density at radius 1 is 1.00 bits per heavy atom. The van der Waals surface area contributed by atoms with Gasteiger partial charge in [0.25, 0.3) is 0 Å². The minimum Gasteiger partial charge on any atom is -0.497 e. The maximum absolute atomic E-state index is 6.27. The topological polar surface area (TPSA) is 54.7 Å². The molecule has 166 valence electrons. The van der Waals surface area contributed by atoms with E-state index in [0.29, 0.717) is 13.2 Å². The Morgan fingerprint density at radius 2 is 1.84 bits per heavy atom. The monoisotopic (exact) mass is 452 g/mol. The highest BCUT2D eigenvalue weighted by Gasteiger charge is 2.18. The van der Waals surface area contributed by atoms with Gasteiger partial charge in [-0.2, -0.15) is 0 Å². The molecule has 1 aliphatic heterocycles. The van der Waals surface area contributed by atoms with Crippen molar-refractivity contribution in [1.29, 1.82) is 0 Å². The number of benzene rings is 2. The lowest BCUT2D eigenvalue weighted by molar-refractivity contribution is 0.174. The van der Waals surface area contributed by atoms with Gasteiger partial charge in [0, 0.05) is 24.5 Å². The summed E-state index contributed by atoms with van der Waals surface area (Å²) in [6, 6.07) is 15.9. The second-order valence-electron chi connectivity index (χ2n) is 7.63. The summed E-state index contributed by atoms with van der Waals surface area (Å²) >= 11 is 0. The number of halogens is 1. The van der Waals surface area contributed by atoms with Gasteiger partial charge in [-0.15, -0.1) is 12.4 Å². The molecule has 0 saturated heterocycles. The quantitative estimate of drug-likeness (QED) is 0.390. The summed E-state index contributed by atoms with van der Waals surface area (Å²) in [6.45, 7) is 5.63. The lowest BCUT2D eigenvalue weighted by Crippen LogP contribution is -2.04. The minimum atomic E-state index is 0. The molecule has 5 rings (SSSR count). The smallest absolute Gasteiger partial charge is 0.231 e. The van der Waals surface area contributed by atoms with Crippen LogP contribution in [0.4, 0.5) is 0 Å². The molecule has 1 aliphatic rings. The van der Waals surface area contributed by atoms with Crippen molar-refractivity contribution >= 4 is 23.4 Å². The van der Waals surface area contributed by atoms with Crippen molar-refractivity contribution in [3.8, 4) is 23.0 Å². The Kier molecular flexibility index (Phi) is 6.15. The second-order valence-corrected chi connectivity index (χ2v) is 7.63. The van der Waals surface area contributed by atoms with E-state index < -0.39 is 0 Å². The average molecular weight is 453 g/mol. The SMILES string of the molecule is COc1cccc(Cn2c(C)c(C)c3nccc(OCc4ccc5c(c4)OCO5)c32)c1.Cl. The van der Waals surface area contributed by atoms with Gasteiger partial charge in [0.1, 0.15) is 23.6 Å². The number of rotatable bonds is 6. The van der Waals surface area contributed by atoms with Gasteiger partial charge in [-0.1, -0.05) is 18.2 Å². The molecule has 0 spiro atoms. The molecule has 2 aromatic heterocycles. The molecule has 32 heavy (non-hydrogen) atoms. The molecule has 0 fully saturated rings. The number of methoxy groups -OCH3 is 1. The van der Waals surface area contributed by atoms with E-state index in [2.05, 4.69) is 35.5 Å². The summed E-state index contributed by atoms with van der Waals surface area (Å²) in [6.07, 6.45) is 1.81. The van der Waals surface area contributed by atoms with Crippen molar-refractivity contribution in [1.82, 2.24) is 9.55 Å². The molecule has 0 aliphatic carbocycles. The van der Waals surface area contributed by atoms with Gasteiger partial charge in [-0.25, -0.2) is 0 Å². The van der Waals surface area contributed by atoms with Crippen LogP contribution < -0.4 is 18.9 Å². The van der Waals surface area contributed by atoms with Crippen molar-refractivity contribution in [2.24, 2.45) is 0 Å².